The zero-order valence-corrected chi connectivity index (χ0v) is 13.0. The van der Waals surface area contributed by atoms with Crippen LogP contribution in [0, 0.1) is 12.8 Å². The minimum atomic E-state index is -3.99. The van der Waals surface area contributed by atoms with Crippen LogP contribution in [0.25, 0.3) is 0 Å². The quantitative estimate of drug-likeness (QED) is 0.724. The number of rotatable bonds is 6. The van der Waals surface area contributed by atoms with Crippen LogP contribution in [0.3, 0.4) is 0 Å². The number of carbonyl (C=O) groups is 1. The fraction of sp³-hybridized carbons (Fsp3) is 0.667. The molecular weight excluding hydrogens is 280 g/mol. The lowest BCUT2D eigenvalue weighted by Crippen LogP contribution is -2.38. The Morgan fingerprint density at radius 3 is 2.40 bits per heavy atom. The minimum Gasteiger partial charge on any atom is -0.348 e. The Morgan fingerprint density at radius 1 is 1.40 bits per heavy atom. The van der Waals surface area contributed by atoms with Crippen LogP contribution in [-0.2, 0) is 10.0 Å². The van der Waals surface area contributed by atoms with E-state index in [0.29, 0.717) is 5.92 Å². The second-order valence-electron chi connectivity index (χ2n) is 4.91. The molecule has 20 heavy (non-hydrogen) atoms. The van der Waals surface area contributed by atoms with E-state index in [1.165, 1.54) is 6.92 Å². The topological polar surface area (TPSA) is 118 Å². The van der Waals surface area contributed by atoms with Crippen molar-refractivity contribution < 1.29 is 13.2 Å². The molecule has 1 heterocycles. The number of aromatic amines is 1. The molecule has 8 heteroatoms. The van der Waals surface area contributed by atoms with E-state index < -0.39 is 15.9 Å². The molecule has 1 amide bonds. The number of sulfonamides is 1. The number of nitrogens with two attached hydrogens (primary N) is 1. The van der Waals surface area contributed by atoms with Crippen LogP contribution in [0.4, 0.5) is 0 Å². The van der Waals surface area contributed by atoms with Gasteiger partial charge in [0.2, 0.25) is 10.0 Å². The number of carbonyl (C=O) groups excluding carboxylic acids is 1. The Kier molecular flexibility index (Phi) is 5.29. The number of H-pyrrole nitrogens is 1. The Morgan fingerprint density at radius 2 is 1.95 bits per heavy atom. The van der Waals surface area contributed by atoms with Crippen LogP contribution >= 0.6 is 0 Å². The number of nitrogens with zero attached hydrogens (tertiary/aromatic N) is 1. The molecule has 0 aliphatic carbocycles. The van der Waals surface area contributed by atoms with Crippen molar-refractivity contribution >= 4 is 15.9 Å². The predicted octanol–water partition coefficient (Wildman–Crippen LogP) is 0.920. The van der Waals surface area contributed by atoms with E-state index in [-0.39, 0.29) is 22.3 Å². The van der Waals surface area contributed by atoms with Crippen molar-refractivity contribution in [3.63, 3.8) is 0 Å². The summed E-state index contributed by atoms with van der Waals surface area (Å²) in [6.45, 7) is 7.50. The van der Waals surface area contributed by atoms with Crippen molar-refractivity contribution in [2.24, 2.45) is 11.1 Å². The Bertz CT molecular complexity index is 576. The van der Waals surface area contributed by atoms with Gasteiger partial charge in [0, 0.05) is 6.04 Å². The Balaban J connectivity index is 3.00. The highest BCUT2D eigenvalue weighted by Crippen LogP contribution is 2.17. The largest absolute Gasteiger partial charge is 0.348 e. The van der Waals surface area contributed by atoms with Gasteiger partial charge in [-0.25, -0.2) is 13.6 Å². The van der Waals surface area contributed by atoms with E-state index in [2.05, 4.69) is 15.5 Å². The summed E-state index contributed by atoms with van der Waals surface area (Å²) in [5.74, 6) is -0.199. The number of aryl methyl sites for hydroxylation is 1. The van der Waals surface area contributed by atoms with Gasteiger partial charge in [-0.2, -0.15) is 5.10 Å². The standard InChI is InChI=1S/C12H22N4O3S/c1-5-9(6-2)7(3)14-12(17)10-11(20(13,18)19)8(4)15-16-10/h7,9H,5-6H2,1-4H3,(H,14,17)(H,15,16)(H2,13,18,19). The lowest BCUT2D eigenvalue weighted by Gasteiger charge is -2.22. The Hall–Kier alpha value is -1.41. The van der Waals surface area contributed by atoms with Crippen molar-refractivity contribution in [3.8, 4) is 0 Å². The second-order valence-corrected chi connectivity index (χ2v) is 6.41. The lowest BCUT2D eigenvalue weighted by molar-refractivity contribution is 0.0916. The highest BCUT2D eigenvalue weighted by molar-refractivity contribution is 7.89. The highest BCUT2D eigenvalue weighted by atomic mass is 32.2. The van der Waals surface area contributed by atoms with Gasteiger partial charge in [0.1, 0.15) is 4.90 Å². The number of hydrogen-bond acceptors (Lipinski definition) is 4. The van der Waals surface area contributed by atoms with Gasteiger partial charge < -0.3 is 5.32 Å². The molecule has 0 aliphatic rings. The monoisotopic (exact) mass is 302 g/mol. The average molecular weight is 302 g/mol. The number of primary sulfonamides is 1. The molecule has 1 unspecified atom stereocenters. The smallest absolute Gasteiger partial charge is 0.273 e. The van der Waals surface area contributed by atoms with Gasteiger partial charge in [0.25, 0.3) is 5.91 Å². The summed E-state index contributed by atoms with van der Waals surface area (Å²) in [6.07, 6.45) is 1.86. The first-order valence-electron chi connectivity index (χ1n) is 6.60. The SMILES string of the molecule is CCC(CC)C(C)NC(=O)c1n[nH]c(C)c1S(N)(=O)=O. The maximum Gasteiger partial charge on any atom is 0.273 e. The van der Waals surface area contributed by atoms with Gasteiger partial charge in [-0.1, -0.05) is 26.7 Å². The molecule has 0 radical (unpaired) electrons. The first-order valence-corrected chi connectivity index (χ1v) is 8.15. The summed E-state index contributed by atoms with van der Waals surface area (Å²) in [7, 11) is -3.99. The zero-order valence-electron chi connectivity index (χ0n) is 12.2. The number of aromatic nitrogens is 2. The molecule has 0 bridgehead atoms. The summed E-state index contributed by atoms with van der Waals surface area (Å²) < 4.78 is 23.0. The highest BCUT2D eigenvalue weighted by Gasteiger charge is 2.27. The van der Waals surface area contributed by atoms with Crippen LogP contribution in [0.2, 0.25) is 0 Å². The van der Waals surface area contributed by atoms with E-state index in [9.17, 15) is 13.2 Å². The van der Waals surface area contributed by atoms with Gasteiger partial charge in [0.05, 0.1) is 5.69 Å². The van der Waals surface area contributed by atoms with Crippen molar-refractivity contribution in [3.05, 3.63) is 11.4 Å². The molecule has 1 rings (SSSR count). The van der Waals surface area contributed by atoms with Gasteiger partial charge >= 0.3 is 0 Å². The van der Waals surface area contributed by atoms with E-state index >= 15 is 0 Å². The molecule has 1 atom stereocenters. The van der Waals surface area contributed by atoms with Crippen LogP contribution < -0.4 is 10.5 Å². The summed E-state index contributed by atoms with van der Waals surface area (Å²) in [4.78, 5) is 11.9. The first-order chi connectivity index (χ1) is 9.22. The molecule has 0 spiro atoms. The molecule has 0 saturated heterocycles. The molecule has 0 aliphatic heterocycles. The third kappa shape index (κ3) is 3.57. The number of amides is 1. The van der Waals surface area contributed by atoms with E-state index in [1.54, 1.807) is 0 Å². The average Bonchev–Trinajstić information content (AvgIpc) is 2.72. The van der Waals surface area contributed by atoms with Crippen molar-refractivity contribution in [1.29, 1.82) is 0 Å². The van der Waals surface area contributed by atoms with Crippen molar-refractivity contribution in [1.82, 2.24) is 15.5 Å². The molecule has 0 aromatic carbocycles. The van der Waals surface area contributed by atoms with E-state index in [0.717, 1.165) is 12.8 Å². The minimum absolute atomic E-state index is 0.0668. The van der Waals surface area contributed by atoms with Gasteiger partial charge in [-0.3, -0.25) is 9.89 Å². The van der Waals surface area contributed by atoms with E-state index in [4.69, 9.17) is 5.14 Å². The normalized spacial score (nSPS) is 13.5. The van der Waals surface area contributed by atoms with E-state index in [1.807, 2.05) is 20.8 Å². The Labute approximate surface area is 119 Å². The molecule has 1 aromatic rings. The summed E-state index contributed by atoms with van der Waals surface area (Å²) in [5, 5.41) is 14.1. The molecular formula is C12H22N4O3S. The molecule has 114 valence electrons. The second kappa shape index (κ2) is 6.36. The fourth-order valence-corrected chi connectivity index (χ4v) is 3.19. The van der Waals surface area contributed by atoms with Crippen LogP contribution in [0.1, 0.15) is 49.8 Å². The van der Waals surface area contributed by atoms with Crippen molar-refractivity contribution in [2.45, 2.75) is 51.5 Å². The van der Waals surface area contributed by atoms with Crippen LogP contribution in [-0.4, -0.2) is 30.6 Å². The van der Waals surface area contributed by atoms with Crippen LogP contribution in [0.15, 0.2) is 4.90 Å². The fourth-order valence-electron chi connectivity index (χ4n) is 2.31. The molecule has 4 N–H and O–H groups in total. The summed E-state index contributed by atoms with van der Waals surface area (Å²) in [6, 6.07) is -0.0668. The molecule has 0 fully saturated rings. The zero-order chi connectivity index (χ0) is 15.5. The number of nitrogens with one attached hydrogen (secondary N) is 2. The molecule has 7 nitrogen and oxygen atoms in total. The summed E-state index contributed by atoms with van der Waals surface area (Å²) in [5.41, 5.74) is 0.0793. The van der Waals surface area contributed by atoms with Gasteiger partial charge in [-0.05, 0) is 19.8 Å². The predicted molar refractivity (Wildman–Crippen MR) is 75.7 cm³/mol. The number of hydrogen-bond donors (Lipinski definition) is 3. The third-order valence-corrected chi connectivity index (χ3v) is 4.57. The summed E-state index contributed by atoms with van der Waals surface area (Å²) >= 11 is 0. The van der Waals surface area contributed by atoms with Gasteiger partial charge in [-0.15, -0.1) is 0 Å². The van der Waals surface area contributed by atoms with Crippen LogP contribution in [0.5, 0.6) is 0 Å². The maximum absolute atomic E-state index is 12.2. The molecule has 0 saturated carbocycles. The lowest BCUT2D eigenvalue weighted by atomic mass is 9.95. The third-order valence-electron chi connectivity index (χ3n) is 3.51. The first kappa shape index (κ1) is 16.6. The van der Waals surface area contributed by atoms with Gasteiger partial charge in [0.15, 0.2) is 5.69 Å². The van der Waals surface area contributed by atoms with Crippen molar-refractivity contribution in [2.75, 3.05) is 0 Å². The molecule has 1 aromatic heterocycles. The maximum atomic E-state index is 12.2.